The zero-order valence-electron chi connectivity index (χ0n) is 60.5. The average molecular weight is 1260 g/mol. The maximum atomic E-state index is 14.1. The molecule has 0 saturated carbocycles. The van der Waals surface area contributed by atoms with Crippen molar-refractivity contribution in [1.82, 2.24) is 0 Å². The van der Waals surface area contributed by atoms with Crippen LogP contribution in [0.15, 0.2) is 12.1 Å². The molecule has 526 valence electrons. The fourth-order valence-electron chi connectivity index (χ4n) is 12.8. The van der Waals surface area contributed by atoms with Gasteiger partial charge in [0.2, 0.25) is 0 Å². The van der Waals surface area contributed by atoms with Gasteiger partial charge in [-0.2, -0.15) is 0 Å². The van der Waals surface area contributed by atoms with E-state index in [1.54, 1.807) is 0 Å². The van der Waals surface area contributed by atoms with Gasteiger partial charge in [-0.25, -0.2) is 19.2 Å². The second-order valence-corrected chi connectivity index (χ2v) is 27.7. The largest absolute Gasteiger partial charge is 0.462 e. The van der Waals surface area contributed by atoms with Crippen molar-refractivity contribution in [3.05, 3.63) is 34.4 Å². The van der Waals surface area contributed by atoms with Crippen molar-refractivity contribution < 1.29 is 38.1 Å². The van der Waals surface area contributed by atoms with Crippen LogP contribution in [0.3, 0.4) is 0 Å². The molecule has 0 fully saturated rings. The molecule has 0 bridgehead atoms. The molecule has 0 aromatic heterocycles. The molecule has 0 spiro atoms. The van der Waals surface area contributed by atoms with Gasteiger partial charge in [-0.05, 0) is 37.8 Å². The van der Waals surface area contributed by atoms with Crippen LogP contribution in [0, 0.1) is 0 Å². The minimum absolute atomic E-state index is 0.0767. The summed E-state index contributed by atoms with van der Waals surface area (Å²) in [6, 6.07) is 2.67. The lowest BCUT2D eigenvalue weighted by Crippen LogP contribution is -2.21. The maximum absolute atomic E-state index is 14.1. The molecular formula is C82H150O8. The fourth-order valence-corrected chi connectivity index (χ4v) is 12.8. The molecule has 0 heterocycles. The standard InChI is InChI=1S/C82H150O8/c1-5-9-13-17-21-25-29-33-37-41-45-49-53-57-61-65-69-87-79(83)75-73-77(81(85)89-71-67-63-59-55-51-47-43-39-35-31-27-23-19-15-11-7-3)78(82(86)90-72-68-64-60-56-52-48-44-40-36-32-28-24-20-16-12-8-4)74-76(75)80(84)88-70-66-62-58-54-50-46-42-38-34-30-26-22-18-14-10-6-2/h73-74H,5-72H2,1-4H3. The number of ether oxygens (including phenoxy) is 4. The van der Waals surface area contributed by atoms with Crippen molar-refractivity contribution in [3.63, 3.8) is 0 Å². The van der Waals surface area contributed by atoms with Crippen LogP contribution in [-0.2, 0) is 18.9 Å². The maximum Gasteiger partial charge on any atom is 0.339 e. The molecule has 90 heavy (non-hydrogen) atoms. The molecule has 0 saturated heterocycles. The summed E-state index contributed by atoms with van der Waals surface area (Å²) in [5.74, 6) is -2.81. The smallest absolute Gasteiger partial charge is 0.339 e. The second-order valence-electron chi connectivity index (χ2n) is 27.7. The molecule has 0 unspecified atom stereocenters. The molecule has 8 heteroatoms. The molecule has 0 aliphatic carbocycles. The van der Waals surface area contributed by atoms with E-state index in [4.69, 9.17) is 18.9 Å². The molecule has 1 aromatic carbocycles. The molecule has 0 aliphatic heterocycles. The van der Waals surface area contributed by atoms with Gasteiger partial charge in [0.15, 0.2) is 0 Å². The Balaban J connectivity index is 2.94. The molecule has 1 aromatic rings. The van der Waals surface area contributed by atoms with Crippen LogP contribution in [0.4, 0.5) is 0 Å². The minimum Gasteiger partial charge on any atom is -0.462 e. The van der Waals surface area contributed by atoms with Crippen molar-refractivity contribution >= 4 is 23.9 Å². The Morgan fingerprint density at radius 2 is 0.278 bits per heavy atom. The van der Waals surface area contributed by atoms with Crippen LogP contribution >= 0.6 is 0 Å². The highest BCUT2D eigenvalue weighted by Crippen LogP contribution is 2.25. The van der Waals surface area contributed by atoms with Crippen LogP contribution in [0.25, 0.3) is 0 Å². The summed E-state index contributed by atoms with van der Waals surface area (Å²) >= 11 is 0. The van der Waals surface area contributed by atoms with Gasteiger partial charge >= 0.3 is 23.9 Å². The molecular weight excluding hydrogens is 1110 g/mol. The Hall–Kier alpha value is -2.90. The summed E-state index contributed by atoms with van der Waals surface area (Å²) in [4.78, 5) is 56.4. The topological polar surface area (TPSA) is 105 Å². The van der Waals surface area contributed by atoms with Gasteiger partial charge in [0, 0.05) is 0 Å². The summed E-state index contributed by atoms with van der Waals surface area (Å²) in [7, 11) is 0. The van der Waals surface area contributed by atoms with Gasteiger partial charge in [0.05, 0.1) is 48.7 Å². The number of hydrogen-bond donors (Lipinski definition) is 0. The van der Waals surface area contributed by atoms with Crippen LogP contribution in [0.5, 0.6) is 0 Å². The number of benzene rings is 1. The number of rotatable bonds is 72. The van der Waals surface area contributed by atoms with E-state index in [0.29, 0.717) is 25.7 Å². The summed E-state index contributed by atoms with van der Waals surface area (Å²) < 4.78 is 23.4. The summed E-state index contributed by atoms with van der Waals surface area (Å²) in [5, 5.41) is 0. The van der Waals surface area contributed by atoms with Crippen molar-refractivity contribution in [1.29, 1.82) is 0 Å². The lowest BCUT2D eigenvalue weighted by molar-refractivity contribution is 0.0434. The molecule has 0 aliphatic rings. The molecule has 8 nitrogen and oxygen atoms in total. The Kier molecular flexibility index (Phi) is 65.2. The Bertz CT molecular complexity index is 1480. The summed E-state index contributed by atoms with van der Waals surface area (Å²) in [5.41, 5.74) is -0.307. The number of hydrogen-bond acceptors (Lipinski definition) is 8. The monoisotopic (exact) mass is 1260 g/mol. The van der Waals surface area contributed by atoms with E-state index in [1.165, 1.54) is 346 Å². The SMILES string of the molecule is CCCCCCCCCCCCCCCCCCOC(=O)c1cc(C(=O)OCCCCCCCCCCCCCCCCCC)c(C(=O)OCCCCCCCCCCCCCCCCCC)cc1C(=O)OCCCCCCCCCCCCCCCCCC. The van der Waals surface area contributed by atoms with Crippen LogP contribution < -0.4 is 0 Å². The van der Waals surface area contributed by atoms with Gasteiger partial charge in [-0.3, -0.25) is 0 Å². The third-order valence-corrected chi connectivity index (χ3v) is 19.0. The minimum atomic E-state index is -0.703. The quantitative estimate of drug-likeness (QED) is 0.0361. The Morgan fingerprint density at radius 1 is 0.178 bits per heavy atom. The van der Waals surface area contributed by atoms with E-state index in [1.807, 2.05) is 0 Å². The first-order chi connectivity index (χ1) is 44.4. The third-order valence-electron chi connectivity index (χ3n) is 19.0. The predicted octanol–water partition coefficient (Wildman–Crippen LogP) is 27.4. The highest BCUT2D eigenvalue weighted by Gasteiger charge is 2.29. The van der Waals surface area contributed by atoms with Crippen LogP contribution in [0.2, 0.25) is 0 Å². The number of carbonyl (C=O) groups excluding carboxylic acids is 4. The lowest BCUT2D eigenvalue weighted by atomic mass is 9.97. The van der Waals surface area contributed by atoms with E-state index in [0.717, 1.165) is 51.4 Å². The normalized spacial score (nSPS) is 11.4. The molecule has 0 N–H and O–H groups in total. The molecule has 0 amide bonds. The van der Waals surface area contributed by atoms with E-state index in [9.17, 15) is 19.2 Å². The molecule has 0 radical (unpaired) electrons. The number of unbranched alkanes of at least 4 members (excludes halogenated alkanes) is 60. The Morgan fingerprint density at radius 3 is 0.389 bits per heavy atom. The summed E-state index contributed by atoms with van der Waals surface area (Å²) in [6.45, 7) is 9.92. The highest BCUT2D eigenvalue weighted by molar-refractivity contribution is 6.10. The van der Waals surface area contributed by atoms with Gasteiger partial charge < -0.3 is 18.9 Å². The second kappa shape index (κ2) is 68.9. The van der Waals surface area contributed by atoms with Gasteiger partial charge in [0.25, 0.3) is 0 Å². The van der Waals surface area contributed by atoms with Crippen molar-refractivity contribution in [3.8, 4) is 0 Å². The van der Waals surface area contributed by atoms with Crippen molar-refractivity contribution in [2.24, 2.45) is 0 Å². The van der Waals surface area contributed by atoms with Gasteiger partial charge in [-0.15, -0.1) is 0 Å². The van der Waals surface area contributed by atoms with Crippen LogP contribution in [0.1, 0.15) is 480 Å². The van der Waals surface area contributed by atoms with E-state index in [2.05, 4.69) is 27.7 Å². The first-order valence-corrected chi connectivity index (χ1v) is 40.3. The third kappa shape index (κ3) is 54.5. The van der Waals surface area contributed by atoms with Gasteiger partial charge in [0.1, 0.15) is 0 Å². The fraction of sp³-hybridized carbons (Fsp3) is 0.878. The molecule has 1 rings (SSSR count). The van der Waals surface area contributed by atoms with Gasteiger partial charge in [-0.1, -0.05) is 413 Å². The number of carbonyl (C=O) groups is 4. The highest BCUT2D eigenvalue weighted by atomic mass is 16.5. The van der Waals surface area contributed by atoms with E-state index < -0.39 is 23.9 Å². The summed E-state index contributed by atoms with van der Waals surface area (Å²) in [6.07, 6.45) is 80.1. The first kappa shape index (κ1) is 85.1. The van der Waals surface area contributed by atoms with Crippen LogP contribution in [-0.4, -0.2) is 50.3 Å². The lowest BCUT2D eigenvalue weighted by Gasteiger charge is -2.15. The van der Waals surface area contributed by atoms with Crippen molar-refractivity contribution in [2.75, 3.05) is 26.4 Å². The zero-order valence-corrected chi connectivity index (χ0v) is 60.5. The molecule has 0 atom stereocenters. The van der Waals surface area contributed by atoms with E-state index in [-0.39, 0.29) is 48.7 Å². The number of esters is 4. The zero-order chi connectivity index (χ0) is 64.9. The average Bonchev–Trinajstić information content (AvgIpc) is 2.34. The van der Waals surface area contributed by atoms with E-state index >= 15 is 0 Å². The Labute approximate surface area is 558 Å². The first-order valence-electron chi connectivity index (χ1n) is 40.3. The van der Waals surface area contributed by atoms with Crippen molar-refractivity contribution in [2.45, 2.75) is 439 Å². The predicted molar refractivity (Wildman–Crippen MR) is 386 cm³/mol.